The SMILES string of the molecule is Cc1cn2cc(CNC(=O)C3CCC(=O)N(CCN4CCOCC4)C3)nc2s1. The maximum atomic E-state index is 12.6. The highest BCUT2D eigenvalue weighted by Crippen LogP contribution is 2.19. The molecule has 1 unspecified atom stereocenters. The zero-order chi connectivity index (χ0) is 19.5. The Hall–Kier alpha value is -1.97. The van der Waals surface area contributed by atoms with Crippen molar-refractivity contribution in [3.8, 4) is 0 Å². The number of carbonyl (C=O) groups is 2. The lowest BCUT2D eigenvalue weighted by Crippen LogP contribution is -2.49. The topological polar surface area (TPSA) is 79.2 Å². The van der Waals surface area contributed by atoms with E-state index in [0.29, 0.717) is 32.5 Å². The number of ether oxygens (including phenoxy) is 1. The predicted molar refractivity (Wildman–Crippen MR) is 106 cm³/mol. The number of hydrogen-bond donors (Lipinski definition) is 1. The van der Waals surface area contributed by atoms with E-state index in [0.717, 1.165) is 43.5 Å². The molecule has 2 aliphatic rings. The Morgan fingerprint density at radius 2 is 2.14 bits per heavy atom. The number of imidazole rings is 1. The molecule has 152 valence electrons. The van der Waals surface area contributed by atoms with Crippen LogP contribution in [0.4, 0.5) is 0 Å². The summed E-state index contributed by atoms with van der Waals surface area (Å²) in [5.74, 6) is 0.0202. The number of nitrogens with one attached hydrogen (secondary N) is 1. The molecular weight excluding hydrogens is 378 g/mol. The van der Waals surface area contributed by atoms with Crippen molar-refractivity contribution in [2.24, 2.45) is 5.92 Å². The summed E-state index contributed by atoms with van der Waals surface area (Å²) in [5.41, 5.74) is 0.857. The van der Waals surface area contributed by atoms with Gasteiger partial charge >= 0.3 is 0 Å². The fourth-order valence-corrected chi connectivity index (χ4v) is 4.63. The van der Waals surface area contributed by atoms with Crippen molar-refractivity contribution in [3.63, 3.8) is 0 Å². The fraction of sp³-hybridized carbons (Fsp3) is 0.632. The molecule has 0 spiro atoms. The standard InChI is InChI=1S/C19H27N5O3S/c1-14-11-24-13-16(21-19(24)28-14)10-20-18(26)15-2-3-17(25)23(12-15)5-4-22-6-8-27-9-7-22/h11,13,15H,2-10,12H2,1H3,(H,20,26). The average molecular weight is 406 g/mol. The molecule has 4 heterocycles. The Morgan fingerprint density at radius 1 is 1.32 bits per heavy atom. The number of likely N-dealkylation sites (tertiary alicyclic amines) is 1. The number of thiazole rings is 1. The molecule has 2 fully saturated rings. The van der Waals surface area contributed by atoms with Gasteiger partial charge < -0.3 is 15.0 Å². The Kier molecular flexibility index (Phi) is 5.93. The second-order valence-electron chi connectivity index (χ2n) is 7.51. The molecule has 2 aromatic heterocycles. The normalized spacial score (nSPS) is 21.4. The molecule has 9 heteroatoms. The van der Waals surface area contributed by atoms with Gasteiger partial charge in [-0.2, -0.15) is 0 Å². The highest BCUT2D eigenvalue weighted by Gasteiger charge is 2.30. The zero-order valence-electron chi connectivity index (χ0n) is 16.2. The van der Waals surface area contributed by atoms with Crippen LogP contribution in [0.1, 0.15) is 23.4 Å². The highest BCUT2D eigenvalue weighted by atomic mass is 32.1. The summed E-state index contributed by atoms with van der Waals surface area (Å²) in [4.78, 5) is 35.7. The van der Waals surface area contributed by atoms with Crippen LogP contribution < -0.4 is 5.32 Å². The van der Waals surface area contributed by atoms with E-state index in [1.807, 2.05) is 21.7 Å². The minimum atomic E-state index is -0.145. The van der Waals surface area contributed by atoms with Gasteiger partial charge in [0.25, 0.3) is 0 Å². The Bertz CT molecular complexity index is 810. The second-order valence-corrected chi connectivity index (χ2v) is 8.72. The summed E-state index contributed by atoms with van der Waals surface area (Å²) < 4.78 is 7.36. The van der Waals surface area contributed by atoms with Crippen molar-refractivity contribution in [2.75, 3.05) is 45.9 Å². The van der Waals surface area contributed by atoms with Crippen molar-refractivity contribution in [1.82, 2.24) is 24.5 Å². The second kappa shape index (κ2) is 8.59. The molecule has 8 nitrogen and oxygen atoms in total. The minimum Gasteiger partial charge on any atom is -0.379 e. The van der Waals surface area contributed by atoms with Crippen molar-refractivity contribution >= 4 is 28.1 Å². The summed E-state index contributed by atoms with van der Waals surface area (Å²) in [6.45, 7) is 7.83. The van der Waals surface area contributed by atoms with E-state index in [1.165, 1.54) is 4.88 Å². The number of rotatable bonds is 6. The summed E-state index contributed by atoms with van der Waals surface area (Å²) in [6, 6.07) is 0. The zero-order valence-corrected chi connectivity index (χ0v) is 17.0. The Labute approximate surface area is 168 Å². The largest absolute Gasteiger partial charge is 0.379 e. The van der Waals surface area contributed by atoms with Gasteiger partial charge in [-0.05, 0) is 13.3 Å². The summed E-state index contributed by atoms with van der Waals surface area (Å²) >= 11 is 1.64. The molecular formula is C19H27N5O3S. The van der Waals surface area contributed by atoms with E-state index < -0.39 is 0 Å². The van der Waals surface area contributed by atoms with Crippen LogP contribution in [-0.2, 0) is 20.9 Å². The molecule has 1 atom stereocenters. The molecule has 2 amide bonds. The molecule has 28 heavy (non-hydrogen) atoms. The van der Waals surface area contributed by atoms with Crippen LogP contribution in [0, 0.1) is 12.8 Å². The number of nitrogens with zero attached hydrogens (tertiary/aromatic N) is 4. The fourth-order valence-electron chi connectivity index (χ4n) is 3.80. The van der Waals surface area contributed by atoms with Crippen LogP contribution in [0.5, 0.6) is 0 Å². The number of carbonyl (C=O) groups excluding carboxylic acids is 2. The quantitative estimate of drug-likeness (QED) is 0.772. The van der Waals surface area contributed by atoms with E-state index in [2.05, 4.69) is 22.1 Å². The van der Waals surface area contributed by atoms with Gasteiger partial charge in [-0.15, -0.1) is 11.3 Å². The maximum absolute atomic E-state index is 12.6. The van der Waals surface area contributed by atoms with Crippen molar-refractivity contribution in [2.45, 2.75) is 26.3 Å². The number of morpholine rings is 1. The van der Waals surface area contributed by atoms with Crippen molar-refractivity contribution in [3.05, 3.63) is 23.0 Å². The summed E-state index contributed by atoms with van der Waals surface area (Å²) in [7, 11) is 0. The molecule has 0 radical (unpaired) electrons. The lowest BCUT2D eigenvalue weighted by atomic mass is 9.96. The summed E-state index contributed by atoms with van der Waals surface area (Å²) in [5, 5.41) is 3.00. The first-order chi connectivity index (χ1) is 13.6. The number of hydrogen-bond acceptors (Lipinski definition) is 6. The average Bonchev–Trinajstić information content (AvgIpc) is 3.23. The van der Waals surface area contributed by atoms with Crippen LogP contribution >= 0.6 is 11.3 Å². The van der Waals surface area contributed by atoms with Crippen LogP contribution in [0.3, 0.4) is 0 Å². The molecule has 0 saturated carbocycles. The van der Waals surface area contributed by atoms with Crippen LogP contribution in [0.2, 0.25) is 0 Å². The van der Waals surface area contributed by atoms with Crippen LogP contribution in [0.15, 0.2) is 12.4 Å². The monoisotopic (exact) mass is 405 g/mol. The molecule has 2 aliphatic heterocycles. The first-order valence-corrected chi connectivity index (χ1v) is 10.7. The smallest absolute Gasteiger partial charge is 0.225 e. The first kappa shape index (κ1) is 19.4. The number of aromatic nitrogens is 2. The molecule has 2 saturated heterocycles. The predicted octanol–water partition coefficient (Wildman–Crippen LogP) is 0.891. The number of aryl methyl sites for hydroxylation is 1. The van der Waals surface area contributed by atoms with E-state index in [1.54, 1.807) is 11.3 Å². The van der Waals surface area contributed by atoms with Gasteiger partial charge in [0, 0.05) is 56.4 Å². The van der Waals surface area contributed by atoms with Gasteiger partial charge in [0.1, 0.15) is 0 Å². The molecule has 0 aliphatic carbocycles. The van der Waals surface area contributed by atoms with Gasteiger partial charge in [-0.25, -0.2) is 4.98 Å². The third-order valence-corrected chi connectivity index (χ3v) is 6.34. The molecule has 2 aromatic rings. The van der Waals surface area contributed by atoms with E-state index in [9.17, 15) is 9.59 Å². The number of fused-ring (bicyclic) bond motifs is 1. The number of amides is 2. The Balaban J connectivity index is 1.27. The maximum Gasteiger partial charge on any atom is 0.225 e. The van der Waals surface area contributed by atoms with E-state index in [4.69, 9.17) is 4.74 Å². The third kappa shape index (κ3) is 4.53. The van der Waals surface area contributed by atoms with E-state index >= 15 is 0 Å². The van der Waals surface area contributed by atoms with E-state index in [-0.39, 0.29) is 17.7 Å². The number of piperidine rings is 1. The molecule has 4 rings (SSSR count). The third-order valence-electron chi connectivity index (χ3n) is 5.43. The van der Waals surface area contributed by atoms with Gasteiger partial charge in [-0.1, -0.05) is 0 Å². The lowest BCUT2D eigenvalue weighted by molar-refractivity contribution is -0.138. The van der Waals surface area contributed by atoms with Crippen LogP contribution in [-0.4, -0.2) is 76.9 Å². The van der Waals surface area contributed by atoms with Gasteiger partial charge in [0.2, 0.25) is 11.8 Å². The van der Waals surface area contributed by atoms with Crippen LogP contribution in [0.25, 0.3) is 4.96 Å². The lowest BCUT2D eigenvalue weighted by Gasteiger charge is -2.34. The summed E-state index contributed by atoms with van der Waals surface area (Å²) in [6.07, 6.45) is 5.06. The molecule has 1 N–H and O–H groups in total. The highest BCUT2D eigenvalue weighted by molar-refractivity contribution is 7.16. The molecule has 0 aromatic carbocycles. The first-order valence-electron chi connectivity index (χ1n) is 9.88. The van der Waals surface area contributed by atoms with Gasteiger partial charge in [0.05, 0.1) is 31.4 Å². The Morgan fingerprint density at radius 3 is 2.93 bits per heavy atom. The van der Waals surface area contributed by atoms with Gasteiger partial charge in [0.15, 0.2) is 4.96 Å². The van der Waals surface area contributed by atoms with Gasteiger partial charge in [-0.3, -0.25) is 18.9 Å². The van der Waals surface area contributed by atoms with Crippen molar-refractivity contribution < 1.29 is 14.3 Å². The molecule has 0 bridgehead atoms. The van der Waals surface area contributed by atoms with Crippen molar-refractivity contribution in [1.29, 1.82) is 0 Å². The minimum absolute atomic E-state index is 0.0106.